The van der Waals surface area contributed by atoms with Crippen LogP contribution in [0.1, 0.15) is 44.1 Å². The zero-order chi connectivity index (χ0) is 24.3. The van der Waals surface area contributed by atoms with E-state index in [0.29, 0.717) is 11.8 Å². The maximum absolute atomic E-state index is 13.9. The van der Waals surface area contributed by atoms with Crippen molar-refractivity contribution in [1.29, 1.82) is 0 Å². The molecule has 2 amide bonds. The lowest BCUT2D eigenvalue weighted by Gasteiger charge is -2.40. The topological polar surface area (TPSA) is 87.9 Å². The molecule has 1 aromatic rings. The molecule has 1 atom stereocenters. The molecule has 7 nitrogen and oxygen atoms in total. The lowest BCUT2D eigenvalue weighted by molar-refractivity contribution is -0.137. The van der Waals surface area contributed by atoms with Crippen molar-refractivity contribution < 1.29 is 27.5 Å². The summed E-state index contributed by atoms with van der Waals surface area (Å²) in [7, 11) is 0. The van der Waals surface area contributed by atoms with E-state index in [4.69, 9.17) is 10.5 Å². The van der Waals surface area contributed by atoms with Crippen LogP contribution < -0.4 is 16.0 Å². The molecule has 1 aliphatic heterocycles. The second kappa shape index (κ2) is 10.6. The van der Waals surface area contributed by atoms with Crippen LogP contribution in [0, 0.1) is 11.8 Å². The van der Waals surface area contributed by atoms with Gasteiger partial charge in [0.05, 0.1) is 17.9 Å². The molecule has 34 heavy (non-hydrogen) atoms. The number of amides is 2. The summed E-state index contributed by atoms with van der Waals surface area (Å²) in [6, 6.07) is 2.86. The number of hydrogen-bond donors (Lipinski definition) is 2. The van der Waals surface area contributed by atoms with Crippen molar-refractivity contribution in [1.82, 2.24) is 4.90 Å². The highest BCUT2D eigenvalue weighted by molar-refractivity contribution is 5.98. The SMILES string of the molecule is NC[C@@H](C(=O)Nc1ccc(N2CCOCC2=O)cc1C(F)(F)F)N(CC1CCC1)CC1CCC1. The van der Waals surface area contributed by atoms with Gasteiger partial charge < -0.3 is 20.7 Å². The van der Waals surface area contributed by atoms with Crippen LogP contribution in [0.15, 0.2) is 18.2 Å². The van der Waals surface area contributed by atoms with Crippen LogP contribution in [0.5, 0.6) is 0 Å². The Morgan fingerprint density at radius 3 is 2.32 bits per heavy atom. The van der Waals surface area contributed by atoms with E-state index in [1.54, 1.807) is 0 Å². The van der Waals surface area contributed by atoms with Gasteiger partial charge in [-0.25, -0.2) is 0 Å². The predicted molar refractivity (Wildman–Crippen MR) is 122 cm³/mol. The van der Waals surface area contributed by atoms with Crippen LogP contribution in [0.4, 0.5) is 24.5 Å². The largest absolute Gasteiger partial charge is 0.418 e. The Morgan fingerprint density at radius 2 is 1.82 bits per heavy atom. The van der Waals surface area contributed by atoms with Crippen LogP contribution in [0.25, 0.3) is 0 Å². The molecule has 1 aromatic carbocycles. The molecule has 3 N–H and O–H groups in total. The summed E-state index contributed by atoms with van der Waals surface area (Å²) >= 11 is 0. The first kappa shape index (κ1) is 24.9. The zero-order valence-corrected chi connectivity index (χ0v) is 19.3. The third-order valence-corrected chi connectivity index (χ3v) is 7.27. The molecule has 0 unspecified atom stereocenters. The fraction of sp³-hybridized carbons (Fsp3) is 0.667. The number of nitrogens with zero attached hydrogens (tertiary/aromatic N) is 2. The number of anilines is 2. The predicted octanol–water partition coefficient (Wildman–Crippen LogP) is 3.24. The van der Waals surface area contributed by atoms with Crippen molar-refractivity contribution in [3.05, 3.63) is 23.8 Å². The first-order valence-electron chi connectivity index (χ1n) is 12.1. The van der Waals surface area contributed by atoms with E-state index >= 15 is 0 Å². The van der Waals surface area contributed by atoms with Crippen LogP contribution in [-0.2, 0) is 20.5 Å². The summed E-state index contributed by atoms with van der Waals surface area (Å²) in [5.74, 6) is 0.0971. The maximum Gasteiger partial charge on any atom is 0.418 e. The summed E-state index contributed by atoms with van der Waals surface area (Å²) in [5, 5.41) is 2.50. The van der Waals surface area contributed by atoms with Gasteiger partial charge in [0.25, 0.3) is 5.91 Å². The monoisotopic (exact) mass is 482 g/mol. The number of halogens is 3. The minimum atomic E-state index is -4.70. The van der Waals surface area contributed by atoms with Crippen LogP contribution in [-0.4, -0.2) is 62.1 Å². The highest BCUT2D eigenvalue weighted by Crippen LogP contribution is 2.38. The van der Waals surface area contributed by atoms with Crippen molar-refractivity contribution >= 4 is 23.2 Å². The Balaban J connectivity index is 1.53. The number of rotatable bonds is 9. The molecule has 3 fully saturated rings. The number of nitrogens with one attached hydrogen (secondary N) is 1. The fourth-order valence-electron chi connectivity index (χ4n) is 4.82. The van der Waals surface area contributed by atoms with Gasteiger partial charge in [0, 0.05) is 31.9 Å². The quantitative estimate of drug-likeness (QED) is 0.564. The first-order chi connectivity index (χ1) is 16.3. The van der Waals surface area contributed by atoms with Crippen LogP contribution >= 0.6 is 0 Å². The fourth-order valence-corrected chi connectivity index (χ4v) is 4.82. The second-order valence-corrected chi connectivity index (χ2v) is 9.61. The van der Waals surface area contributed by atoms with Crippen molar-refractivity contribution in [3.63, 3.8) is 0 Å². The van der Waals surface area contributed by atoms with Gasteiger partial charge >= 0.3 is 6.18 Å². The molecule has 2 aliphatic carbocycles. The average Bonchev–Trinajstić information content (AvgIpc) is 2.73. The molecule has 0 spiro atoms. The summed E-state index contributed by atoms with van der Waals surface area (Å²) in [6.07, 6.45) is 2.09. The number of carbonyl (C=O) groups excluding carboxylic acids is 2. The van der Waals surface area contributed by atoms with Gasteiger partial charge in [0.2, 0.25) is 5.91 Å². The summed E-state index contributed by atoms with van der Waals surface area (Å²) < 4.78 is 46.8. The smallest absolute Gasteiger partial charge is 0.370 e. The standard InChI is InChI=1S/C24H33F3N4O3/c25-24(26,27)19-11-18(31-9-10-34-15-22(31)32)7-8-20(19)29-23(33)21(12-28)30(13-16-3-1-4-16)14-17-5-2-6-17/h7-8,11,16-17,21H,1-6,9-10,12-15,28H2,(H,29,33)/t21-/m0/s1. The van der Waals surface area contributed by atoms with Crippen molar-refractivity contribution in [2.24, 2.45) is 17.6 Å². The van der Waals surface area contributed by atoms with E-state index in [0.717, 1.165) is 44.8 Å². The number of nitrogens with two attached hydrogens (primary N) is 1. The Kier molecular flexibility index (Phi) is 7.79. The number of alkyl halides is 3. The zero-order valence-electron chi connectivity index (χ0n) is 19.3. The molecule has 2 saturated carbocycles. The third-order valence-electron chi connectivity index (χ3n) is 7.27. The van der Waals surface area contributed by atoms with E-state index in [1.807, 2.05) is 0 Å². The first-order valence-corrected chi connectivity index (χ1v) is 12.1. The van der Waals surface area contributed by atoms with Crippen molar-refractivity contribution in [3.8, 4) is 0 Å². The molecule has 10 heteroatoms. The van der Waals surface area contributed by atoms with Crippen molar-refractivity contribution in [2.45, 2.75) is 50.7 Å². The van der Waals surface area contributed by atoms with Gasteiger partial charge in [0.1, 0.15) is 12.6 Å². The lowest BCUT2D eigenvalue weighted by Crippen LogP contribution is -2.52. The highest BCUT2D eigenvalue weighted by atomic mass is 19.4. The molecule has 1 heterocycles. The molecule has 188 valence electrons. The number of ether oxygens (including phenoxy) is 1. The Hall–Kier alpha value is -2.17. The Bertz CT molecular complexity index is 871. The molecule has 0 aromatic heterocycles. The number of carbonyl (C=O) groups is 2. The van der Waals surface area contributed by atoms with Gasteiger partial charge in [-0.2, -0.15) is 13.2 Å². The third kappa shape index (κ3) is 5.72. The number of hydrogen-bond acceptors (Lipinski definition) is 5. The highest BCUT2D eigenvalue weighted by Gasteiger charge is 2.37. The average molecular weight is 483 g/mol. The van der Waals surface area contributed by atoms with Gasteiger partial charge in [-0.15, -0.1) is 0 Å². The number of morpholine rings is 1. The van der Waals surface area contributed by atoms with E-state index in [9.17, 15) is 22.8 Å². The molecule has 4 rings (SSSR count). The molecule has 1 saturated heterocycles. The molecule has 0 radical (unpaired) electrons. The molecule has 0 bridgehead atoms. The summed E-state index contributed by atoms with van der Waals surface area (Å²) in [4.78, 5) is 28.6. The van der Waals surface area contributed by atoms with E-state index < -0.39 is 29.6 Å². The lowest BCUT2D eigenvalue weighted by atomic mass is 9.82. The number of benzene rings is 1. The van der Waals surface area contributed by atoms with Crippen LogP contribution in [0.2, 0.25) is 0 Å². The van der Waals surface area contributed by atoms with E-state index in [1.165, 1.54) is 29.9 Å². The summed E-state index contributed by atoms with van der Waals surface area (Å²) in [6.45, 7) is 1.78. The molecular weight excluding hydrogens is 449 g/mol. The Morgan fingerprint density at radius 1 is 1.18 bits per heavy atom. The van der Waals surface area contributed by atoms with E-state index in [-0.39, 0.29) is 37.7 Å². The minimum absolute atomic E-state index is 0.0347. The maximum atomic E-state index is 13.9. The van der Waals surface area contributed by atoms with Crippen LogP contribution in [0.3, 0.4) is 0 Å². The van der Waals surface area contributed by atoms with E-state index in [2.05, 4.69) is 10.2 Å². The van der Waals surface area contributed by atoms with Crippen molar-refractivity contribution in [2.75, 3.05) is 49.6 Å². The minimum Gasteiger partial charge on any atom is -0.370 e. The second-order valence-electron chi connectivity index (χ2n) is 9.61. The van der Waals surface area contributed by atoms with Gasteiger partial charge in [-0.3, -0.25) is 14.5 Å². The summed E-state index contributed by atoms with van der Waals surface area (Å²) in [5.41, 5.74) is 4.79. The van der Waals surface area contributed by atoms with Gasteiger partial charge in [0.15, 0.2) is 0 Å². The normalized spacial score (nSPS) is 20.7. The van der Waals surface area contributed by atoms with Gasteiger partial charge in [-0.1, -0.05) is 12.8 Å². The molecule has 3 aliphatic rings. The van der Waals surface area contributed by atoms with Gasteiger partial charge in [-0.05, 0) is 55.7 Å². The Labute approximate surface area is 197 Å². The molecular formula is C24H33F3N4O3.